The van der Waals surface area contributed by atoms with Crippen molar-refractivity contribution in [3.63, 3.8) is 0 Å². The largest absolute Gasteiger partial charge is 0.391 e. The fraction of sp³-hybridized carbons (Fsp3) is 0.375. The molecular weight excluding hydrogens is 512 g/mol. The maximum Gasteiger partial charge on any atom is 0.244 e. The highest BCUT2D eigenvalue weighted by Crippen LogP contribution is 2.45. The van der Waals surface area contributed by atoms with Gasteiger partial charge in [-0.3, -0.25) is 9.59 Å². The van der Waals surface area contributed by atoms with Crippen molar-refractivity contribution in [1.29, 1.82) is 0 Å². The molecule has 3 rings (SSSR count). The van der Waals surface area contributed by atoms with Crippen LogP contribution in [0, 0.1) is 35.3 Å². The smallest absolute Gasteiger partial charge is 0.244 e. The van der Waals surface area contributed by atoms with E-state index in [9.17, 15) is 23.5 Å². The number of nitrogens with one attached hydrogen (secondary N) is 1. The maximum atomic E-state index is 14.2. The van der Waals surface area contributed by atoms with Gasteiger partial charge in [0.05, 0.1) is 18.1 Å². The summed E-state index contributed by atoms with van der Waals surface area (Å²) in [5.41, 5.74) is 7.50. The molecule has 40 heavy (non-hydrogen) atoms. The second kappa shape index (κ2) is 13.5. The van der Waals surface area contributed by atoms with Crippen molar-refractivity contribution in [3.05, 3.63) is 94.1 Å². The first-order valence-electron chi connectivity index (χ1n) is 13.3. The van der Waals surface area contributed by atoms with Crippen LogP contribution in [0.5, 0.6) is 0 Å². The number of aliphatic hydroxyl groups excluding tert-OH is 1. The Bertz CT molecular complexity index is 1330. The number of aryl methyl sites for hydroxylation is 1. The molecule has 1 aliphatic carbocycles. The Hall–Kier alpha value is -3.80. The van der Waals surface area contributed by atoms with Gasteiger partial charge in [0.25, 0.3) is 0 Å². The number of halogens is 2. The lowest BCUT2D eigenvalue weighted by atomic mass is 9.63. The van der Waals surface area contributed by atoms with E-state index < -0.39 is 40.9 Å². The fourth-order valence-corrected chi connectivity index (χ4v) is 5.51. The van der Waals surface area contributed by atoms with Crippen molar-refractivity contribution in [2.45, 2.75) is 45.8 Å². The van der Waals surface area contributed by atoms with E-state index in [-0.39, 0.29) is 37.1 Å². The van der Waals surface area contributed by atoms with Gasteiger partial charge in [-0.15, -0.1) is 6.42 Å². The lowest BCUT2D eigenvalue weighted by Gasteiger charge is -2.44. The number of terminal acetylenes is 1. The maximum absolute atomic E-state index is 14.2. The molecule has 0 saturated carbocycles. The Morgan fingerprint density at radius 1 is 1.18 bits per heavy atom. The van der Waals surface area contributed by atoms with Gasteiger partial charge in [0, 0.05) is 37.7 Å². The van der Waals surface area contributed by atoms with Crippen LogP contribution in [0.2, 0.25) is 0 Å². The van der Waals surface area contributed by atoms with Gasteiger partial charge in [0.2, 0.25) is 11.8 Å². The summed E-state index contributed by atoms with van der Waals surface area (Å²) in [7, 11) is 1.54. The van der Waals surface area contributed by atoms with Crippen molar-refractivity contribution in [2.75, 3.05) is 20.1 Å². The number of nitrogens with zero attached hydrogens (tertiary/aromatic N) is 1. The van der Waals surface area contributed by atoms with E-state index in [1.807, 2.05) is 18.2 Å². The molecule has 3 atom stereocenters. The number of nitrogens with two attached hydrogens (primary N) is 1. The summed E-state index contributed by atoms with van der Waals surface area (Å²) in [6.45, 7) is 4.33. The first kappa shape index (κ1) is 30.7. The zero-order valence-corrected chi connectivity index (χ0v) is 23.2. The Balaban J connectivity index is 2.04. The Kier molecular flexibility index (Phi) is 10.4. The van der Waals surface area contributed by atoms with E-state index in [0.717, 1.165) is 18.1 Å². The first-order chi connectivity index (χ1) is 19.0. The molecule has 0 spiro atoms. The van der Waals surface area contributed by atoms with Crippen LogP contribution in [-0.2, 0) is 29.0 Å². The highest BCUT2D eigenvalue weighted by atomic mass is 19.1. The molecule has 2 aromatic rings. The van der Waals surface area contributed by atoms with Gasteiger partial charge in [-0.1, -0.05) is 54.8 Å². The van der Waals surface area contributed by atoms with Crippen LogP contribution >= 0.6 is 0 Å². The molecule has 0 aliphatic heterocycles. The van der Waals surface area contributed by atoms with Crippen molar-refractivity contribution in [3.8, 4) is 12.3 Å². The number of benzene rings is 2. The normalized spacial score (nSPS) is 18.2. The molecule has 0 fully saturated rings. The molecule has 0 heterocycles. The lowest BCUT2D eigenvalue weighted by molar-refractivity contribution is -0.143. The van der Waals surface area contributed by atoms with Crippen LogP contribution in [0.1, 0.15) is 37.0 Å². The summed E-state index contributed by atoms with van der Waals surface area (Å²) in [4.78, 5) is 27.8. The quantitative estimate of drug-likeness (QED) is 0.352. The summed E-state index contributed by atoms with van der Waals surface area (Å²) in [5.74, 6) is -1.10. The zero-order valence-electron chi connectivity index (χ0n) is 23.2. The topological polar surface area (TPSA) is 95.7 Å². The predicted molar refractivity (Wildman–Crippen MR) is 152 cm³/mol. The number of hydrogen-bond acceptors (Lipinski definition) is 4. The summed E-state index contributed by atoms with van der Waals surface area (Å²) in [6, 6.07) is 11.2. The molecular formula is C32H37F2N3O3. The van der Waals surface area contributed by atoms with E-state index in [4.69, 9.17) is 12.2 Å². The van der Waals surface area contributed by atoms with Gasteiger partial charge < -0.3 is 21.1 Å². The minimum absolute atomic E-state index is 0.00742. The van der Waals surface area contributed by atoms with E-state index in [1.54, 1.807) is 26.1 Å². The number of aliphatic hydroxyl groups is 1. The standard InChI is InChI=1S/C32H37F2N3O3/c1-5-10-37(4)31(40)32(17-21(3)11-25(18-32)30(35)39)28(15-24-13-26(33)16-27(34)14-24)29(38)20-36-19-23-9-7-8-22(6-2)12-23/h1,7-9,11-14,16-17,28-29,36,38H,6,10,15,18-20H2,2-4H3,(H2,35,39)/t28-,29+,32?/m1/s1. The lowest BCUT2D eigenvalue weighted by Crippen LogP contribution is -2.53. The van der Waals surface area contributed by atoms with Gasteiger partial charge in [0.1, 0.15) is 11.6 Å². The number of carbonyl (C=O) groups excluding carboxylic acids is 2. The van der Waals surface area contributed by atoms with E-state index in [1.165, 1.54) is 22.6 Å². The van der Waals surface area contributed by atoms with E-state index >= 15 is 0 Å². The van der Waals surface area contributed by atoms with Crippen molar-refractivity contribution in [2.24, 2.45) is 17.1 Å². The highest BCUT2D eigenvalue weighted by molar-refractivity contribution is 5.96. The molecule has 6 nitrogen and oxygen atoms in total. The molecule has 4 N–H and O–H groups in total. The number of amides is 2. The molecule has 2 amide bonds. The fourth-order valence-electron chi connectivity index (χ4n) is 5.51. The first-order valence-corrected chi connectivity index (χ1v) is 13.3. The molecule has 0 aromatic heterocycles. The predicted octanol–water partition coefficient (Wildman–Crippen LogP) is 3.68. The van der Waals surface area contributed by atoms with Crippen molar-refractivity contribution >= 4 is 11.8 Å². The third kappa shape index (κ3) is 7.44. The van der Waals surface area contributed by atoms with Crippen LogP contribution in [0.3, 0.4) is 0 Å². The minimum atomic E-state index is -1.46. The third-order valence-electron chi connectivity index (χ3n) is 7.35. The highest BCUT2D eigenvalue weighted by Gasteiger charge is 2.50. The second-order valence-corrected chi connectivity index (χ2v) is 10.5. The Morgan fingerprint density at radius 2 is 1.85 bits per heavy atom. The Labute approximate surface area is 234 Å². The monoisotopic (exact) mass is 549 g/mol. The third-order valence-corrected chi connectivity index (χ3v) is 7.35. The molecule has 212 valence electrons. The van der Waals surface area contributed by atoms with Gasteiger partial charge in [0.15, 0.2) is 0 Å². The number of hydrogen-bond donors (Lipinski definition) is 3. The summed E-state index contributed by atoms with van der Waals surface area (Å²) in [5, 5.41) is 14.9. The number of allylic oxidation sites excluding steroid dienone is 2. The average molecular weight is 550 g/mol. The molecule has 8 heteroatoms. The van der Waals surface area contributed by atoms with Crippen LogP contribution in [0.25, 0.3) is 0 Å². The van der Waals surface area contributed by atoms with Crippen LogP contribution in [0.4, 0.5) is 8.78 Å². The molecule has 0 bridgehead atoms. The number of rotatable bonds is 12. The SMILES string of the molecule is C#CCN(C)C(=O)C1([C@H](Cc2cc(F)cc(F)c2)[C@@H](O)CNCc2cccc(CC)c2)C=C(C)C=C(C(N)=O)C1. The van der Waals surface area contributed by atoms with Gasteiger partial charge in [-0.25, -0.2) is 8.78 Å². The molecule has 0 radical (unpaired) electrons. The van der Waals surface area contributed by atoms with Crippen molar-refractivity contribution < 1.29 is 23.5 Å². The summed E-state index contributed by atoms with van der Waals surface area (Å²) in [6.07, 6.45) is 8.41. The number of primary amides is 1. The van der Waals surface area contributed by atoms with Gasteiger partial charge in [-0.2, -0.15) is 0 Å². The average Bonchev–Trinajstić information content (AvgIpc) is 2.90. The minimum Gasteiger partial charge on any atom is -0.391 e. The van der Waals surface area contributed by atoms with Crippen LogP contribution in [0.15, 0.2) is 65.8 Å². The second-order valence-electron chi connectivity index (χ2n) is 10.5. The molecule has 1 aliphatic rings. The van der Waals surface area contributed by atoms with Crippen LogP contribution < -0.4 is 11.1 Å². The van der Waals surface area contributed by atoms with Gasteiger partial charge >= 0.3 is 0 Å². The molecule has 1 unspecified atom stereocenters. The van der Waals surface area contributed by atoms with Crippen LogP contribution in [-0.4, -0.2) is 48.1 Å². The molecule has 0 saturated heterocycles. The van der Waals surface area contributed by atoms with E-state index in [2.05, 4.69) is 24.2 Å². The van der Waals surface area contributed by atoms with Gasteiger partial charge in [-0.05, 0) is 55.0 Å². The summed E-state index contributed by atoms with van der Waals surface area (Å²) < 4.78 is 28.4. The van der Waals surface area contributed by atoms with Crippen molar-refractivity contribution in [1.82, 2.24) is 10.2 Å². The zero-order chi connectivity index (χ0) is 29.4. The number of carbonyl (C=O) groups is 2. The Morgan fingerprint density at radius 3 is 2.48 bits per heavy atom. The molecule has 2 aromatic carbocycles. The van der Waals surface area contributed by atoms with E-state index in [0.29, 0.717) is 12.1 Å². The summed E-state index contributed by atoms with van der Waals surface area (Å²) >= 11 is 0.